The number of carbonyl (C=O) groups is 8. The molecule has 59 heavy (non-hydrogen) atoms. The number of benzene rings is 2. The zero-order chi connectivity index (χ0) is 43.8. The van der Waals surface area contributed by atoms with Crippen molar-refractivity contribution in [2.45, 2.75) is 109 Å². The number of primary amides is 2. The highest BCUT2D eigenvalue weighted by atomic mass is 16.3. The molecule has 0 radical (unpaired) electrons. The molecule has 0 aliphatic carbocycles. The van der Waals surface area contributed by atoms with Crippen LogP contribution in [0.3, 0.4) is 0 Å². The van der Waals surface area contributed by atoms with E-state index in [4.69, 9.17) is 17.2 Å². The van der Waals surface area contributed by atoms with Crippen LogP contribution in [0, 0.1) is 11.8 Å². The van der Waals surface area contributed by atoms with Crippen molar-refractivity contribution in [3.63, 3.8) is 0 Å². The second-order valence-corrected chi connectivity index (χ2v) is 15.2. The van der Waals surface area contributed by atoms with E-state index in [9.17, 15) is 43.5 Å². The lowest BCUT2D eigenvalue weighted by atomic mass is 9.96. The number of carbonyl (C=O) groups excluding carboxylic acids is 8. The first-order valence-corrected chi connectivity index (χ1v) is 19.8. The van der Waals surface area contributed by atoms with E-state index in [1.54, 1.807) is 81.4 Å². The predicted molar refractivity (Wildman–Crippen MR) is 217 cm³/mol. The minimum absolute atomic E-state index is 0.0408. The molecule has 0 saturated carbocycles. The molecule has 1 fully saturated rings. The highest BCUT2D eigenvalue weighted by Gasteiger charge is 2.41. The maximum Gasteiger partial charge on any atom is 0.246 e. The van der Waals surface area contributed by atoms with E-state index in [-0.39, 0.29) is 37.6 Å². The zero-order valence-corrected chi connectivity index (χ0v) is 34.0. The van der Waals surface area contributed by atoms with Crippen molar-refractivity contribution in [1.82, 2.24) is 31.5 Å². The average molecular weight is 822 g/mol. The van der Waals surface area contributed by atoms with Gasteiger partial charge in [-0.25, -0.2) is 0 Å². The molecule has 18 nitrogen and oxygen atoms in total. The van der Waals surface area contributed by atoms with E-state index in [0.717, 1.165) is 0 Å². The first-order chi connectivity index (χ1) is 28.0. The quantitative estimate of drug-likeness (QED) is 0.0647. The van der Waals surface area contributed by atoms with Gasteiger partial charge in [0, 0.05) is 19.4 Å². The van der Waals surface area contributed by atoms with Crippen molar-refractivity contribution in [2.75, 3.05) is 13.2 Å². The van der Waals surface area contributed by atoms with Crippen LogP contribution in [0.25, 0.3) is 0 Å². The van der Waals surface area contributed by atoms with E-state index in [1.807, 2.05) is 6.92 Å². The Morgan fingerprint density at radius 1 is 0.712 bits per heavy atom. The lowest BCUT2D eigenvalue weighted by Gasteiger charge is -2.32. The number of amides is 8. The van der Waals surface area contributed by atoms with Crippen LogP contribution in [-0.2, 0) is 51.2 Å². The third-order valence-corrected chi connectivity index (χ3v) is 10.3. The van der Waals surface area contributed by atoms with Gasteiger partial charge in [0.05, 0.1) is 13.0 Å². The molecule has 8 atom stereocenters. The molecule has 0 unspecified atom stereocenters. The van der Waals surface area contributed by atoms with Crippen molar-refractivity contribution >= 4 is 47.3 Å². The SMILES string of the molecule is CC[C@H](C)[C@H](NC(=O)[C@@H]1CCCN1C(=O)[C@H](Cc1ccccc1)NC(=O)[C@H](CC(N)=O)NC(=O)[C@H](Cc1ccccc1)NC(=O)[C@@H](N)CO)C(=O)N[C@H](C(N)=O)C(C)C. The van der Waals surface area contributed by atoms with Crippen LogP contribution in [0.4, 0.5) is 0 Å². The number of aliphatic hydroxyl groups is 1. The number of nitrogens with one attached hydrogen (secondary N) is 5. The first-order valence-electron chi connectivity index (χ1n) is 19.8. The van der Waals surface area contributed by atoms with E-state index in [0.29, 0.717) is 24.0 Å². The molecule has 2 aromatic rings. The molecule has 1 saturated heterocycles. The summed E-state index contributed by atoms with van der Waals surface area (Å²) in [6.07, 6.45) is 0.426. The van der Waals surface area contributed by atoms with E-state index < -0.39 is 103 Å². The van der Waals surface area contributed by atoms with Crippen LogP contribution in [0.5, 0.6) is 0 Å². The maximum atomic E-state index is 14.4. The van der Waals surface area contributed by atoms with Crippen molar-refractivity contribution < 1.29 is 43.5 Å². The molecule has 1 aliphatic rings. The zero-order valence-electron chi connectivity index (χ0n) is 34.0. The number of nitrogens with zero attached hydrogens (tertiary/aromatic N) is 1. The fraction of sp³-hybridized carbons (Fsp3) is 0.512. The minimum atomic E-state index is -1.60. The Hall–Kier alpha value is -5.88. The van der Waals surface area contributed by atoms with Gasteiger partial charge in [-0.2, -0.15) is 0 Å². The topological polar surface area (TPSA) is 298 Å². The van der Waals surface area contributed by atoms with Crippen LogP contribution in [0.1, 0.15) is 64.5 Å². The van der Waals surface area contributed by atoms with Gasteiger partial charge in [0.15, 0.2) is 0 Å². The third kappa shape index (κ3) is 14.2. The van der Waals surface area contributed by atoms with Gasteiger partial charge in [-0.3, -0.25) is 38.4 Å². The Bertz CT molecular complexity index is 1780. The summed E-state index contributed by atoms with van der Waals surface area (Å²) in [7, 11) is 0. The van der Waals surface area contributed by atoms with Crippen LogP contribution in [0.15, 0.2) is 60.7 Å². The van der Waals surface area contributed by atoms with Gasteiger partial charge < -0.3 is 53.8 Å². The summed E-state index contributed by atoms with van der Waals surface area (Å²) in [4.78, 5) is 108. The summed E-state index contributed by atoms with van der Waals surface area (Å²) >= 11 is 0. The maximum absolute atomic E-state index is 14.4. The summed E-state index contributed by atoms with van der Waals surface area (Å²) in [5.74, 6) is -6.82. The molecule has 18 heteroatoms. The fourth-order valence-electron chi connectivity index (χ4n) is 6.69. The average Bonchev–Trinajstić information content (AvgIpc) is 3.70. The van der Waals surface area contributed by atoms with E-state index in [2.05, 4.69) is 26.6 Å². The molecule has 322 valence electrons. The Labute approximate surface area is 344 Å². The fourth-order valence-corrected chi connectivity index (χ4v) is 6.69. The monoisotopic (exact) mass is 821 g/mol. The predicted octanol–water partition coefficient (Wildman–Crippen LogP) is -1.73. The van der Waals surface area contributed by atoms with Crippen LogP contribution < -0.4 is 43.8 Å². The van der Waals surface area contributed by atoms with Gasteiger partial charge >= 0.3 is 0 Å². The highest BCUT2D eigenvalue weighted by molar-refractivity contribution is 5.98. The normalized spacial score (nSPS) is 17.3. The molecule has 12 N–H and O–H groups in total. The van der Waals surface area contributed by atoms with Gasteiger partial charge in [0.1, 0.15) is 42.3 Å². The largest absolute Gasteiger partial charge is 0.394 e. The lowest BCUT2D eigenvalue weighted by Crippen LogP contribution is -2.61. The number of hydrogen-bond acceptors (Lipinski definition) is 10. The van der Waals surface area contributed by atoms with Gasteiger partial charge in [0.2, 0.25) is 47.3 Å². The van der Waals surface area contributed by atoms with Gasteiger partial charge in [-0.1, -0.05) is 94.8 Å². The standard InChI is InChI=1S/C41H59N9O9/c1-5-24(4)34(40(58)48-33(23(2)3)35(44)53)49-39(57)31-17-12-18-50(31)41(59)30(20-26-15-10-7-11-16-26)47-38(56)29(21-32(43)52)46-37(55)28(45-36(54)27(42)22-51)19-25-13-8-6-9-14-25/h6-11,13-16,23-24,27-31,33-34,51H,5,12,17-22,42H2,1-4H3,(H2,43,52)(H2,44,53)(H,45,54)(H,46,55)(H,47,56)(H,48,58)(H,49,57)/t24-,27-,28-,29-,30-,31-,33-,34-/m0/s1. The van der Waals surface area contributed by atoms with Crippen molar-refractivity contribution in [3.05, 3.63) is 71.8 Å². The summed E-state index contributed by atoms with van der Waals surface area (Å²) in [6, 6.07) is 8.76. The molecule has 3 rings (SSSR count). The van der Waals surface area contributed by atoms with Gasteiger partial charge in [-0.15, -0.1) is 0 Å². The summed E-state index contributed by atoms with van der Waals surface area (Å²) in [5.41, 5.74) is 18.0. The number of nitrogens with two attached hydrogens (primary N) is 3. The molecule has 0 aromatic heterocycles. The Kier molecular flexibility index (Phi) is 18.4. The molecule has 0 spiro atoms. The summed E-state index contributed by atoms with van der Waals surface area (Å²) in [5, 5.41) is 22.5. The van der Waals surface area contributed by atoms with Gasteiger partial charge in [0.25, 0.3) is 0 Å². The van der Waals surface area contributed by atoms with Gasteiger partial charge in [-0.05, 0) is 35.8 Å². The smallest absolute Gasteiger partial charge is 0.246 e. The Morgan fingerprint density at radius 2 is 1.24 bits per heavy atom. The Morgan fingerprint density at radius 3 is 1.75 bits per heavy atom. The first kappa shape index (κ1) is 47.5. The second-order valence-electron chi connectivity index (χ2n) is 15.2. The number of hydrogen-bond donors (Lipinski definition) is 9. The van der Waals surface area contributed by atoms with E-state index in [1.165, 1.54) is 4.90 Å². The molecule has 1 aliphatic heterocycles. The molecule has 8 amide bonds. The minimum Gasteiger partial charge on any atom is -0.394 e. The molecular weight excluding hydrogens is 763 g/mol. The van der Waals surface area contributed by atoms with E-state index >= 15 is 0 Å². The number of rotatable bonds is 22. The number of aliphatic hydroxyl groups excluding tert-OH is 1. The molecule has 0 bridgehead atoms. The van der Waals surface area contributed by atoms with Crippen LogP contribution in [-0.4, -0.2) is 113 Å². The molecule has 2 aromatic carbocycles. The highest BCUT2D eigenvalue weighted by Crippen LogP contribution is 2.21. The number of likely N-dealkylation sites (tertiary alicyclic amines) is 1. The van der Waals surface area contributed by atoms with Crippen molar-refractivity contribution in [1.29, 1.82) is 0 Å². The van der Waals surface area contributed by atoms with Crippen molar-refractivity contribution in [3.8, 4) is 0 Å². The summed E-state index contributed by atoms with van der Waals surface area (Å²) < 4.78 is 0. The second kappa shape index (κ2) is 22.9. The molecular formula is C41H59N9O9. The summed E-state index contributed by atoms with van der Waals surface area (Å²) in [6.45, 7) is 6.51. The van der Waals surface area contributed by atoms with Crippen LogP contribution >= 0.6 is 0 Å². The molecule has 1 heterocycles. The Balaban J connectivity index is 1.89. The third-order valence-electron chi connectivity index (χ3n) is 10.3. The van der Waals surface area contributed by atoms with Crippen molar-refractivity contribution in [2.24, 2.45) is 29.0 Å². The lowest BCUT2D eigenvalue weighted by molar-refractivity contribution is -0.143. The van der Waals surface area contributed by atoms with Crippen LogP contribution in [0.2, 0.25) is 0 Å².